The number of nitrogens with zero attached hydrogens (tertiary/aromatic N) is 2. The molecule has 0 spiro atoms. The van der Waals surface area contributed by atoms with Crippen LogP contribution in [0, 0.1) is 16.0 Å². The lowest BCUT2D eigenvalue weighted by atomic mass is 9.91. The summed E-state index contributed by atoms with van der Waals surface area (Å²) >= 11 is 0. The molecule has 5 nitrogen and oxygen atoms in total. The third-order valence-corrected chi connectivity index (χ3v) is 4.56. The lowest BCUT2D eigenvalue weighted by Crippen LogP contribution is -2.02. The number of nitro groups is 1. The predicted molar refractivity (Wildman–Crippen MR) is 80.4 cm³/mol. The fourth-order valence-corrected chi connectivity index (χ4v) is 3.60. The van der Waals surface area contributed by atoms with Crippen LogP contribution in [-0.4, -0.2) is 15.8 Å². The molecule has 0 saturated heterocycles. The summed E-state index contributed by atoms with van der Waals surface area (Å²) in [5.41, 5.74) is 3.80. The summed E-state index contributed by atoms with van der Waals surface area (Å²) in [6.07, 6.45) is 6.45. The maximum Gasteiger partial charge on any atom is 0.270 e. The second-order valence-corrected chi connectivity index (χ2v) is 5.74. The normalized spacial score (nSPS) is 21.4. The highest BCUT2D eigenvalue weighted by Crippen LogP contribution is 2.42. The van der Waals surface area contributed by atoms with Crippen molar-refractivity contribution in [3.8, 4) is 0 Å². The summed E-state index contributed by atoms with van der Waals surface area (Å²) in [6.45, 7) is 0. The summed E-state index contributed by atoms with van der Waals surface area (Å²) in [7, 11) is 0. The summed E-state index contributed by atoms with van der Waals surface area (Å²) in [4.78, 5) is 10.6. The molecule has 110 valence electrons. The third-order valence-electron chi connectivity index (χ3n) is 4.56. The van der Waals surface area contributed by atoms with Crippen LogP contribution in [0.25, 0.3) is 5.57 Å². The fourth-order valence-electron chi connectivity index (χ4n) is 3.60. The van der Waals surface area contributed by atoms with Crippen molar-refractivity contribution in [2.24, 2.45) is 11.1 Å². The average molecular weight is 286 g/mol. The predicted octanol–water partition coefficient (Wildman–Crippen LogP) is 4.16. The Bertz CT molecular complexity index is 628. The van der Waals surface area contributed by atoms with Gasteiger partial charge in [0.25, 0.3) is 5.69 Å². The van der Waals surface area contributed by atoms with Gasteiger partial charge in [-0.3, -0.25) is 10.1 Å². The minimum absolute atomic E-state index is 0.0787. The van der Waals surface area contributed by atoms with E-state index in [4.69, 9.17) is 0 Å². The van der Waals surface area contributed by atoms with Gasteiger partial charge in [-0.25, -0.2) is 0 Å². The number of hydrogen-bond acceptors (Lipinski definition) is 4. The van der Waals surface area contributed by atoms with Crippen molar-refractivity contribution in [3.63, 3.8) is 0 Å². The third kappa shape index (κ3) is 2.55. The number of allylic oxidation sites excluding steroid dienone is 2. The molecule has 1 aromatic carbocycles. The van der Waals surface area contributed by atoms with Crippen LogP contribution in [0.5, 0.6) is 0 Å². The van der Waals surface area contributed by atoms with E-state index < -0.39 is 0 Å². The molecule has 3 rings (SSSR count). The number of non-ortho nitro benzene ring substituents is 1. The Morgan fingerprint density at radius 3 is 2.67 bits per heavy atom. The first-order chi connectivity index (χ1) is 10.2. The Kier molecular flexibility index (Phi) is 3.73. The minimum Gasteiger partial charge on any atom is -0.411 e. The number of nitro benzene ring substituents is 1. The molecular formula is C16H18N2O3. The van der Waals surface area contributed by atoms with E-state index in [-0.39, 0.29) is 10.6 Å². The lowest BCUT2D eigenvalue weighted by Gasteiger charge is -2.14. The van der Waals surface area contributed by atoms with Gasteiger partial charge in [0.05, 0.1) is 10.6 Å². The first-order valence-corrected chi connectivity index (χ1v) is 7.40. The van der Waals surface area contributed by atoms with Gasteiger partial charge in [-0.1, -0.05) is 35.7 Å². The Balaban J connectivity index is 2.08. The standard InChI is InChI=1S/C16H18N2O3/c19-17-15-9-8-14(11-4-1-2-5-11)16(15)12-6-3-7-13(10-12)18(20)21/h3,6-7,10-11,19H,1-2,4-5,8-9H2/b17-15+. The Hall–Kier alpha value is -2.17. The molecule has 0 bridgehead atoms. The van der Waals surface area contributed by atoms with Crippen molar-refractivity contribution in [3.05, 3.63) is 45.5 Å². The van der Waals surface area contributed by atoms with Gasteiger partial charge in [-0.2, -0.15) is 0 Å². The van der Waals surface area contributed by atoms with E-state index in [2.05, 4.69) is 5.16 Å². The molecule has 5 heteroatoms. The van der Waals surface area contributed by atoms with Gasteiger partial charge in [0.15, 0.2) is 0 Å². The van der Waals surface area contributed by atoms with Crippen LogP contribution in [0.1, 0.15) is 44.1 Å². The van der Waals surface area contributed by atoms with Crippen molar-refractivity contribution in [1.82, 2.24) is 0 Å². The summed E-state index contributed by atoms with van der Waals surface area (Å²) in [6, 6.07) is 6.64. The number of rotatable bonds is 3. The van der Waals surface area contributed by atoms with E-state index >= 15 is 0 Å². The van der Waals surface area contributed by atoms with Gasteiger partial charge in [0.2, 0.25) is 0 Å². The van der Waals surface area contributed by atoms with Crippen molar-refractivity contribution in [1.29, 1.82) is 0 Å². The highest BCUT2D eigenvalue weighted by Gasteiger charge is 2.30. The van der Waals surface area contributed by atoms with Crippen molar-refractivity contribution in [2.75, 3.05) is 0 Å². The number of oxime groups is 1. The van der Waals surface area contributed by atoms with E-state index in [1.54, 1.807) is 12.1 Å². The second-order valence-electron chi connectivity index (χ2n) is 5.74. The Morgan fingerprint density at radius 1 is 1.24 bits per heavy atom. The van der Waals surface area contributed by atoms with Crippen molar-refractivity contribution < 1.29 is 10.1 Å². The van der Waals surface area contributed by atoms with Crippen LogP contribution < -0.4 is 0 Å². The molecule has 0 atom stereocenters. The van der Waals surface area contributed by atoms with Crippen LogP contribution in [0.15, 0.2) is 35.0 Å². The molecule has 1 aromatic rings. The quantitative estimate of drug-likeness (QED) is 0.515. The number of hydrogen-bond donors (Lipinski definition) is 1. The SMILES string of the molecule is O=[N+]([O-])c1cccc(C2=C(C3CCCC3)CC/C2=N\O)c1. The molecule has 21 heavy (non-hydrogen) atoms. The molecular weight excluding hydrogens is 268 g/mol. The molecule has 0 radical (unpaired) electrons. The van der Waals surface area contributed by atoms with Crippen LogP contribution in [0.2, 0.25) is 0 Å². The molecule has 0 aromatic heterocycles. The zero-order valence-electron chi connectivity index (χ0n) is 11.8. The zero-order chi connectivity index (χ0) is 14.8. The van der Waals surface area contributed by atoms with Crippen molar-refractivity contribution in [2.45, 2.75) is 38.5 Å². The largest absolute Gasteiger partial charge is 0.411 e. The van der Waals surface area contributed by atoms with Gasteiger partial charge in [0.1, 0.15) is 0 Å². The van der Waals surface area contributed by atoms with E-state index in [1.165, 1.54) is 37.3 Å². The van der Waals surface area contributed by atoms with Gasteiger partial charge >= 0.3 is 0 Å². The lowest BCUT2D eigenvalue weighted by molar-refractivity contribution is -0.384. The second kappa shape index (κ2) is 5.68. The fraction of sp³-hybridized carbons (Fsp3) is 0.438. The van der Waals surface area contributed by atoms with E-state index in [1.807, 2.05) is 6.07 Å². The molecule has 2 aliphatic rings. The van der Waals surface area contributed by atoms with Gasteiger partial charge in [-0.15, -0.1) is 0 Å². The monoisotopic (exact) mass is 286 g/mol. The maximum absolute atomic E-state index is 11.0. The first-order valence-electron chi connectivity index (χ1n) is 7.40. The molecule has 0 amide bonds. The van der Waals surface area contributed by atoms with Crippen molar-refractivity contribution >= 4 is 17.0 Å². The summed E-state index contributed by atoms with van der Waals surface area (Å²) < 4.78 is 0. The molecule has 2 aliphatic carbocycles. The highest BCUT2D eigenvalue weighted by molar-refractivity contribution is 6.26. The minimum atomic E-state index is -0.385. The van der Waals surface area contributed by atoms with Gasteiger partial charge in [0, 0.05) is 17.7 Å². The topological polar surface area (TPSA) is 75.7 Å². The molecule has 1 N–H and O–H groups in total. The van der Waals surface area contributed by atoms with E-state index in [0.29, 0.717) is 11.6 Å². The van der Waals surface area contributed by atoms with Crippen LogP contribution in [0.3, 0.4) is 0 Å². The average Bonchev–Trinajstić information content (AvgIpc) is 3.15. The summed E-state index contributed by atoms with van der Waals surface area (Å²) in [5.74, 6) is 0.540. The Labute approximate surface area is 123 Å². The van der Waals surface area contributed by atoms with E-state index in [0.717, 1.165) is 24.0 Å². The molecule has 1 saturated carbocycles. The molecule has 1 fully saturated rings. The molecule has 0 unspecified atom stereocenters. The first kappa shape index (κ1) is 13.8. The zero-order valence-corrected chi connectivity index (χ0v) is 11.8. The van der Waals surface area contributed by atoms with Gasteiger partial charge in [-0.05, 0) is 37.2 Å². The van der Waals surface area contributed by atoms with Gasteiger partial charge < -0.3 is 5.21 Å². The Morgan fingerprint density at radius 2 is 2.00 bits per heavy atom. The summed E-state index contributed by atoms with van der Waals surface area (Å²) in [5, 5.41) is 23.7. The number of benzene rings is 1. The maximum atomic E-state index is 11.0. The van der Waals surface area contributed by atoms with Crippen LogP contribution >= 0.6 is 0 Å². The molecule has 0 aliphatic heterocycles. The smallest absolute Gasteiger partial charge is 0.270 e. The van der Waals surface area contributed by atoms with Crippen LogP contribution in [-0.2, 0) is 0 Å². The highest BCUT2D eigenvalue weighted by atomic mass is 16.6. The molecule has 0 heterocycles. The van der Waals surface area contributed by atoms with E-state index in [9.17, 15) is 15.3 Å². The van der Waals surface area contributed by atoms with Crippen LogP contribution in [0.4, 0.5) is 5.69 Å².